The molecule has 0 unspecified atom stereocenters. The van der Waals surface area contributed by atoms with Crippen molar-refractivity contribution in [3.8, 4) is 0 Å². The van der Waals surface area contributed by atoms with Gasteiger partial charge < -0.3 is 19.6 Å². The lowest BCUT2D eigenvalue weighted by molar-refractivity contribution is 0.0741. The van der Waals surface area contributed by atoms with Crippen LogP contribution in [0.2, 0.25) is 0 Å². The molecule has 1 saturated heterocycles. The van der Waals surface area contributed by atoms with Crippen LogP contribution in [-0.2, 0) is 0 Å². The molecule has 0 saturated carbocycles. The van der Waals surface area contributed by atoms with Crippen LogP contribution in [0.1, 0.15) is 27.4 Å². The highest BCUT2D eigenvalue weighted by Gasteiger charge is 2.24. The molecule has 1 fully saturated rings. The highest BCUT2D eigenvalue weighted by Crippen LogP contribution is 2.24. The molecule has 0 aliphatic carbocycles. The fourth-order valence-electron chi connectivity index (χ4n) is 3.59. The Balaban J connectivity index is 1.42. The second-order valence-corrected chi connectivity index (χ2v) is 7.38. The molecule has 1 aliphatic rings. The fourth-order valence-corrected chi connectivity index (χ4v) is 3.59. The highest BCUT2D eigenvalue weighted by atomic mass is 16.5. The van der Waals surface area contributed by atoms with Gasteiger partial charge in [-0.2, -0.15) is 0 Å². The van der Waals surface area contributed by atoms with E-state index in [1.54, 1.807) is 24.4 Å². The summed E-state index contributed by atoms with van der Waals surface area (Å²) in [5.74, 6) is 1.28. The number of pyridine rings is 1. The number of aryl methyl sites for hydroxylation is 2. The molecule has 150 valence electrons. The van der Waals surface area contributed by atoms with Crippen molar-refractivity contribution < 1.29 is 9.32 Å². The first-order valence-electron chi connectivity index (χ1n) is 9.78. The standard InChI is InChI=1S/C22H25N5O2/c1-15-5-4-6-20(17(15)3)26-9-11-27(12-10-26)22(28)19-14-18(7-8-23-19)24-21-13-16(2)29-25-21/h4-8,13-14H,9-12H2,1-3H3,(H,23,24,25). The van der Waals surface area contributed by atoms with Crippen LogP contribution in [0.25, 0.3) is 0 Å². The van der Waals surface area contributed by atoms with E-state index >= 15 is 0 Å². The van der Waals surface area contributed by atoms with Crippen LogP contribution in [0.4, 0.5) is 17.2 Å². The summed E-state index contributed by atoms with van der Waals surface area (Å²) in [4.78, 5) is 21.5. The Labute approximate surface area is 170 Å². The molecular weight excluding hydrogens is 366 g/mol. The second kappa shape index (κ2) is 7.95. The van der Waals surface area contributed by atoms with Crippen LogP contribution >= 0.6 is 0 Å². The van der Waals surface area contributed by atoms with Crippen LogP contribution in [0.15, 0.2) is 47.1 Å². The average Bonchev–Trinajstić information content (AvgIpc) is 3.14. The van der Waals surface area contributed by atoms with Gasteiger partial charge in [0.2, 0.25) is 0 Å². The van der Waals surface area contributed by atoms with Gasteiger partial charge in [-0.05, 0) is 50.1 Å². The summed E-state index contributed by atoms with van der Waals surface area (Å²) < 4.78 is 5.06. The van der Waals surface area contributed by atoms with Crippen molar-refractivity contribution in [2.75, 3.05) is 36.4 Å². The molecule has 0 radical (unpaired) electrons. The number of carbonyl (C=O) groups is 1. The van der Waals surface area contributed by atoms with Gasteiger partial charge in [0, 0.05) is 49.8 Å². The third-order valence-corrected chi connectivity index (χ3v) is 5.36. The number of carbonyl (C=O) groups excluding carboxylic acids is 1. The van der Waals surface area contributed by atoms with Crippen molar-refractivity contribution in [3.63, 3.8) is 0 Å². The Bertz CT molecular complexity index is 1020. The number of piperazine rings is 1. The van der Waals surface area contributed by atoms with Crippen LogP contribution in [0.3, 0.4) is 0 Å². The van der Waals surface area contributed by atoms with Crippen molar-refractivity contribution in [3.05, 3.63) is 65.2 Å². The Morgan fingerprint density at radius 1 is 1.07 bits per heavy atom. The lowest BCUT2D eigenvalue weighted by atomic mass is 10.1. The van der Waals surface area contributed by atoms with E-state index in [2.05, 4.69) is 52.4 Å². The summed E-state index contributed by atoms with van der Waals surface area (Å²) in [6, 6.07) is 11.7. The van der Waals surface area contributed by atoms with E-state index < -0.39 is 0 Å². The minimum atomic E-state index is -0.0504. The third-order valence-electron chi connectivity index (χ3n) is 5.36. The fraction of sp³-hybridized carbons (Fsp3) is 0.318. The first-order chi connectivity index (χ1) is 14.0. The van der Waals surface area contributed by atoms with Gasteiger partial charge in [-0.15, -0.1) is 0 Å². The quantitative estimate of drug-likeness (QED) is 0.731. The molecule has 7 nitrogen and oxygen atoms in total. The highest BCUT2D eigenvalue weighted by molar-refractivity contribution is 5.93. The normalized spacial score (nSPS) is 14.2. The Morgan fingerprint density at radius 3 is 2.59 bits per heavy atom. The predicted octanol–water partition coefficient (Wildman–Crippen LogP) is 3.70. The van der Waals surface area contributed by atoms with E-state index in [9.17, 15) is 4.79 Å². The molecule has 4 rings (SSSR count). The van der Waals surface area contributed by atoms with E-state index in [0.717, 1.165) is 24.5 Å². The van der Waals surface area contributed by atoms with Gasteiger partial charge in [-0.3, -0.25) is 9.78 Å². The first-order valence-corrected chi connectivity index (χ1v) is 9.78. The Hall–Kier alpha value is -3.35. The maximum absolute atomic E-state index is 13.0. The molecule has 2 aromatic heterocycles. The minimum Gasteiger partial charge on any atom is -0.368 e. The molecule has 29 heavy (non-hydrogen) atoms. The molecular formula is C22H25N5O2. The van der Waals surface area contributed by atoms with E-state index in [4.69, 9.17) is 4.52 Å². The summed E-state index contributed by atoms with van der Waals surface area (Å²) in [6.45, 7) is 9.09. The van der Waals surface area contributed by atoms with Crippen LogP contribution in [0.5, 0.6) is 0 Å². The van der Waals surface area contributed by atoms with E-state index in [0.29, 0.717) is 24.6 Å². The summed E-state index contributed by atoms with van der Waals surface area (Å²) in [5.41, 5.74) is 5.03. The monoisotopic (exact) mass is 391 g/mol. The maximum atomic E-state index is 13.0. The Morgan fingerprint density at radius 2 is 1.86 bits per heavy atom. The van der Waals surface area contributed by atoms with Crippen molar-refractivity contribution in [2.24, 2.45) is 0 Å². The van der Waals surface area contributed by atoms with Crippen LogP contribution in [0, 0.1) is 20.8 Å². The zero-order valence-corrected chi connectivity index (χ0v) is 17.0. The van der Waals surface area contributed by atoms with E-state index in [1.165, 1.54) is 16.8 Å². The number of aromatic nitrogens is 2. The van der Waals surface area contributed by atoms with Crippen molar-refractivity contribution in [1.29, 1.82) is 0 Å². The van der Waals surface area contributed by atoms with E-state index in [1.807, 2.05) is 11.8 Å². The van der Waals surface area contributed by atoms with Gasteiger partial charge in [-0.25, -0.2) is 0 Å². The number of hydrogen-bond acceptors (Lipinski definition) is 6. The molecule has 1 aliphatic heterocycles. The summed E-state index contributed by atoms with van der Waals surface area (Å²) >= 11 is 0. The summed E-state index contributed by atoms with van der Waals surface area (Å²) in [5, 5.41) is 7.06. The number of nitrogens with zero attached hydrogens (tertiary/aromatic N) is 4. The molecule has 1 amide bonds. The smallest absolute Gasteiger partial charge is 0.272 e. The molecule has 0 atom stereocenters. The minimum absolute atomic E-state index is 0.0504. The topological polar surface area (TPSA) is 74.5 Å². The molecule has 0 spiro atoms. The number of rotatable bonds is 4. The van der Waals surface area contributed by atoms with Crippen molar-refractivity contribution in [2.45, 2.75) is 20.8 Å². The molecule has 0 bridgehead atoms. The second-order valence-electron chi connectivity index (χ2n) is 7.38. The van der Waals surface area contributed by atoms with Gasteiger partial charge in [0.25, 0.3) is 5.91 Å². The molecule has 3 aromatic rings. The lowest BCUT2D eigenvalue weighted by Crippen LogP contribution is -2.49. The van der Waals surface area contributed by atoms with Gasteiger partial charge in [0.15, 0.2) is 5.82 Å². The Kier molecular flexibility index (Phi) is 5.20. The molecule has 1 aromatic carbocycles. The number of nitrogens with one attached hydrogen (secondary N) is 1. The summed E-state index contributed by atoms with van der Waals surface area (Å²) in [6.07, 6.45) is 1.63. The molecule has 3 heterocycles. The summed E-state index contributed by atoms with van der Waals surface area (Å²) in [7, 11) is 0. The van der Waals surface area contributed by atoms with Gasteiger partial charge >= 0.3 is 0 Å². The van der Waals surface area contributed by atoms with Crippen LogP contribution < -0.4 is 10.2 Å². The average molecular weight is 391 g/mol. The number of anilines is 3. The van der Waals surface area contributed by atoms with Crippen molar-refractivity contribution >= 4 is 23.1 Å². The number of amides is 1. The van der Waals surface area contributed by atoms with Gasteiger partial charge in [0.1, 0.15) is 11.5 Å². The van der Waals surface area contributed by atoms with E-state index in [-0.39, 0.29) is 5.91 Å². The predicted molar refractivity (Wildman–Crippen MR) is 113 cm³/mol. The largest absolute Gasteiger partial charge is 0.368 e. The first kappa shape index (κ1) is 19.0. The van der Waals surface area contributed by atoms with Gasteiger partial charge in [0.05, 0.1) is 0 Å². The molecule has 1 N–H and O–H groups in total. The lowest BCUT2D eigenvalue weighted by Gasteiger charge is -2.37. The maximum Gasteiger partial charge on any atom is 0.272 e. The molecule has 7 heteroatoms. The van der Waals surface area contributed by atoms with Crippen molar-refractivity contribution in [1.82, 2.24) is 15.0 Å². The van der Waals surface area contributed by atoms with Crippen LogP contribution in [-0.4, -0.2) is 47.1 Å². The number of hydrogen-bond donors (Lipinski definition) is 1. The SMILES string of the molecule is Cc1cc(Nc2ccnc(C(=O)N3CCN(c4cccc(C)c4C)CC3)c2)no1. The van der Waals surface area contributed by atoms with Gasteiger partial charge in [-0.1, -0.05) is 17.3 Å². The zero-order valence-electron chi connectivity index (χ0n) is 17.0. The zero-order chi connectivity index (χ0) is 20.4. The third kappa shape index (κ3) is 4.08. The number of benzene rings is 1.